The van der Waals surface area contributed by atoms with E-state index in [2.05, 4.69) is 0 Å². The molecule has 138 valence electrons. The average molecular weight is 360 g/mol. The molecule has 2 aliphatic heterocycles. The van der Waals surface area contributed by atoms with Crippen molar-refractivity contribution in [1.29, 1.82) is 0 Å². The van der Waals surface area contributed by atoms with E-state index < -0.39 is 18.0 Å². The largest absolute Gasteiger partial charge is 0.459 e. The highest BCUT2D eigenvalue weighted by Crippen LogP contribution is 2.40. The predicted octanol–water partition coefficient (Wildman–Crippen LogP) is 1.97. The quantitative estimate of drug-likeness (QED) is 0.772. The Hall–Kier alpha value is -2.19. The van der Waals surface area contributed by atoms with Crippen molar-refractivity contribution in [1.82, 2.24) is 0 Å². The third-order valence-electron chi connectivity index (χ3n) is 4.76. The smallest absolute Gasteiger partial charge is 0.347 e. The van der Waals surface area contributed by atoms with Gasteiger partial charge in [0, 0.05) is 26.9 Å². The maximum Gasteiger partial charge on any atom is 0.347 e. The van der Waals surface area contributed by atoms with Crippen molar-refractivity contribution >= 4 is 17.0 Å². The highest BCUT2D eigenvalue weighted by molar-refractivity contribution is 5.88. The monoisotopic (exact) mass is 360 g/mol. The summed E-state index contributed by atoms with van der Waals surface area (Å²) in [6, 6.07) is 7.24. The van der Waals surface area contributed by atoms with Crippen molar-refractivity contribution in [2.75, 3.05) is 27.9 Å². The van der Waals surface area contributed by atoms with Crippen LogP contribution >= 0.6 is 0 Å². The van der Waals surface area contributed by atoms with Crippen LogP contribution in [-0.2, 0) is 18.9 Å². The predicted molar refractivity (Wildman–Crippen MR) is 93.2 cm³/mol. The summed E-state index contributed by atoms with van der Waals surface area (Å²) in [4.78, 5) is 12.4. The molecule has 1 fully saturated rings. The van der Waals surface area contributed by atoms with Gasteiger partial charge in [0.05, 0.1) is 12.0 Å². The van der Waals surface area contributed by atoms with Crippen molar-refractivity contribution in [3.63, 3.8) is 0 Å². The van der Waals surface area contributed by atoms with Crippen LogP contribution in [0.1, 0.15) is 5.56 Å². The molecule has 1 aromatic heterocycles. The lowest BCUT2D eigenvalue weighted by Crippen LogP contribution is -2.55. The molecule has 1 saturated heterocycles. The molecule has 4 rings (SSSR count). The van der Waals surface area contributed by atoms with Gasteiger partial charge in [-0.05, 0) is 18.2 Å². The Kier molecular flexibility index (Phi) is 4.54. The van der Waals surface area contributed by atoms with Crippen LogP contribution in [-0.4, -0.2) is 52.5 Å². The van der Waals surface area contributed by atoms with E-state index in [1.807, 2.05) is 12.1 Å². The molecular weight excluding hydrogens is 340 g/mol. The molecule has 0 spiro atoms. The Morgan fingerprint density at radius 1 is 1.12 bits per heavy atom. The fraction of sp³-hybridized carbons (Fsp3) is 0.421. The molecule has 2 aromatic rings. The van der Waals surface area contributed by atoms with Gasteiger partial charge in [-0.1, -0.05) is 12.1 Å². The summed E-state index contributed by atoms with van der Waals surface area (Å²) in [5.74, 6) is 0.451. The average Bonchev–Trinajstić information content (AvgIpc) is 2.66. The van der Waals surface area contributed by atoms with E-state index in [1.165, 1.54) is 0 Å². The maximum absolute atomic E-state index is 12.4. The number of benzene rings is 1. The van der Waals surface area contributed by atoms with Gasteiger partial charge in [0.25, 0.3) is 0 Å². The summed E-state index contributed by atoms with van der Waals surface area (Å²) in [5.41, 5.74) is 1.03. The Balaban J connectivity index is 1.85. The minimum atomic E-state index is -0.691. The number of hydrogen-bond acceptors (Lipinski definition) is 7. The van der Waals surface area contributed by atoms with Gasteiger partial charge >= 0.3 is 5.63 Å². The van der Waals surface area contributed by atoms with E-state index in [0.29, 0.717) is 34.5 Å². The molecule has 0 amide bonds. The summed E-state index contributed by atoms with van der Waals surface area (Å²) in [7, 11) is 4.77. The second kappa shape index (κ2) is 6.85. The molecular formula is C19H20O7. The molecule has 0 aliphatic carbocycles. The van der Waals surface area contributed by atoms with Crippen LogP contribution in [0.15, 0.2) is 39.1 Å². The molecule has 26 heavy (non-hydrogen) atoms. The molecule has 3 heterocycles. The Labute approximate surface area is 150 Å². The van der Waals surface area contributed by atoms with E-state index in [0.717, 1.165) is 0 Å². The van der Waals surface area contributed by atoms with Crippen molar-refractivity contribution in [3.05, 3.63) is 45.8 Å². The molecule has 4 atom stereocenters. The molecule has 0 radical (unpaired) electrons. The van der Waals surface area contributed by atoms with Crippen molar-refractivity contribution in [2.24, 2.45) is 0 Å². The van der Waals surface area contributed by atoms with Crippen LogP contribution < -0.4 is 10.4 Å². The fourth-order valence-corrected chi connectivity index (χ4v) is 3.58. The third-order valence-corrected chi connectivity index (χ3v) is 4.76. The van der Waals surface area contributed by atoms with Crippen LogP contribution in [0, 0.1) is 0 Å². The summed E-state index contributed by atoms with van der Waals surface area (Å²) in [6.45, 7) is 0.329. The topological polar surface area (TPSA) is 76.4 Å². The molecule has 1 aromatic carbocycles. The highest BCUT2D eigenvalue weighted by atomic mass is 16.7. The van der Waals surface area contributed by atoms with Crippen molar-refractivity contribution in [2.45, 2.75) is 24.6 Å². The number of fused-ring (bicyclic) bond motifs is 4. The number of para-hydroxylation sites is 1. The van der Waals surface area contributed by atoms with E-state index in [9.17, 15) is 4.79 Å². The lowest BCUT2D eigenvalue weighted by Gasteiger charge is -2.43. The molecule has 7 nitrogen and oxygen atoms in total. The first-order chi connectivity index (χ1) is 12.7. The zero-order valence-corrected chi connectivity index (χ0v) is 14.8. The van der Waals surface area contributed by atoms with E-state index >= 15 is 0 Å². The van der Waals surface area contributed by atoms with Gasteiger partial charge in [-0.3, -0.25) is 0 Å². The summed E-state index contributed by atoms with van der Waals surface area (Å²) in [5, 5.41) is 0.715. The summed E-state index contributed by atoms with van der Waals surface area (Å²) < 4.78 is 34.0. The minimum Gasteiger partial charge on any atom is -0.459 e. The van der Waals surface area contributed by atoms with Gasteiger partial charge in [0.1, 0.15) is 35.2 Å². The second-order valence-electron chi connectivity index (χ2n) is 6.21. The number of hydrogen-bond donors (Lipinski definition) is 0. The van der Waals surface area contributed by atoms with Crippen LogP contribution in [0.25, 0.3) is 17.0 Å². The molecule has 0 unspecified atom stereocenters. The van der Waals surface area contributed by atoms with Crippen LogP contribution in [0.5, 0.6) is 5.75 Å². The van der Waals surface area contributed by atoms with Gasteiger partial charge in [0.15, 0.2) is 0 Å². The molecule has 7 heteroatoms. The molecule has 2 aliphatic rings. The number of rotatable bonds is 4. The maximum atomic E-state index is 12.4. The zero-order chi connectivity index (χ0) is 18.3. The highest BCUT2D eigenvalue weighted by Gasteiger charge is 2.46. The minimum absolute atomic E-state index is 0.329. The first-order valence-corrected chi connectivity index (χ1v) is 8.32. The van der Waals surface area contributed by atoms with Crippen LogP contribution in [0.2, 0.25) is 0 Å². The van der Waals surface area contributed by atoms with E-state index in [-0.39, 0.29) is 12.2 Å². The fourth-order valence-electron chi connectivity index (χ4n) is 3.58. The van der Waals surface area contributed by atoms with Gasteiger partial charge in [-0.25, -0.2) is 4.79 Å². The van der Waals surface area contributed by atoms with Gasteiger partial charge in [-0.15, -0.1) is 0 Å². The standard InChI is InChI=1S/C19H20O7/c1-21-9-14-17(23-3)16(22-2)12-8-11-15(26-19(12)25-14)10-6-4-5-7-13(10)24-18(11)20/h4-8,14,16-17,19H,9H2,1-3H3/t14-,16-,17+,19+/m1/s1. The molecule has 0 N–H and O–H groups in total. The zero-order valence-electron chi connectivity index (χ0n) is 14.8. The Morgan fingerprint density at radius 2 is 1.92 bits per heavy atom. The third kappa shape index (κ3) is 2.64. The Morgan fingerprint density at radius 3 is 2.65 bits per heavy atom. The molecule has 0 saturated carbocycles. The first-order valence-electron chi connectivity index (χ1n) is 8.32. The lowest BCUT2D eigenvalue weighted by molar-refractivity contribution is -0.212. The van der Waals surface area contributed by atoms with Gasteiger partial charge in [-0.2, -0.15) is 0 Å². The summed E-state index contributed by atoms with van der Waals surface area (Å²) in [6.07, 6.45) is -0.155. The van der Waals surface area contributed by atoms with Crippen LogP contribution in [0.4, 0.5) is 0 Å². The molecule has 0 bridgehead atoms. The number of methoxy groups -OCH3 is 3. The van der Waals surface area contributed by atoms with Crippen molar-refractivity contribution < 1.29 is 28.1 Å². The second-order valence-corrected chi connectivity index (χ2v) is 6.21. The number of ether oxygens (including phenoxy) is 5. The Bertz CT molecular complexity index is 900. The summed E-state index contributed by atoms with van der Waals surface area (Å²) >= 11 is 0. The SMILES string of the molecule is COC[C@H]1O[C@H]2Oc3c(c(=O)oc4ccccc34)C=C2[C@@H](OC)[C@H]1OC. The first kappa shape index (κ1) is 17.2. The van der Waals surface area contributed by atoms with E-state index in [4.69, 9.17) is 28.1 Å². The van der Waals surface area contributed by atoms with Crippen LogP contribution in [0.3, 0.4) is 0 Å². The normalized spacial score (nSPS) is 27.4. The van der Waals surface area contributed by atoms with Gasteiger partial charge < -0.3 is 28.1 Å². The van der Waals surface area contributed by atoms with Gasteiger partial charge in [0.2, 0.25) is 6.29 Å². The van der Waals surface area contributed by atoms with Crippen molar-refractivity contribution in [3.8, 4) is 5.75 Å². The van der Waals surface area contributed by atoms with E-state index in [1.54, 1.807) is 39.5 Å². The lowest BCUT2D eigenvalue weighted by atomic mass is 9.92.